The van der Waals surface area contributed by atoms with Crippen LogP contribution >= 0.6 is 0 Å². The van der Waals surface area contributed by atoms with E-state index in [0.717, 1.165) is 5.56 Å². The first-order chi connectivity index (χ1) is 9.78. The minimum atomic E-state index is -1.75. The SMILES string of the molecule is CO[C@H]1O[C@@H]2COS(=O)O[C@H]2[C@@H]1OCc1ccccc1. The molecule has 0 N–H and O–H groups in total. The molecule has 0 aliphatic carbocycles. The molecule has 0 spiro atoms. The van der Waals surface area contributed by atoms with Crippen molar-refractivity contribution in [3.05, 3.63) is 35.9 Å². The number of hydrogen-bond donors (Lipinski definition) is 0. The van der Waals surface area contributed by atoms with Gasteiger partial charge < -0.3 is 14.2 Å². The van der Waals surface area contributed by atoms with Crippen molar-refractivity contribution in [2.75, 3.05) is 13.7 Å². The van der Waals surface area contributed by atoms with Gasteiger partial charge in [-0.2, -0.15) is 4.21 Å². The van der Waals surface area contributed by atoms with Crippen molar-refractivity contribution in [2.24, 2.45) is 0 Å². The fourth-order valence-electron chi connectivity index (χ4n) is 2.32. The van der Waals surface area contributed by atoms with Gasteiger partial charge in [-0.05, 0) is 5.56 Å². The predicted octanol–water partition coefficient (Wildman–Crippen LogP) is 0.937. The summed E-state index contributed by atoms with van der Waals surface area (Å²) >= 11 is -1.75. The van der Waals surface area contributed by atoms with Gasteiger partial charge in [-0.3, -0.25) is 8.37 Å². The zero-order valence-corrected chi connectivity index (χ0v) is 11.8. The minimum absolute atomic E-state index is 0.211. The van der Waals surface area contributed by atoms with Crippen LogP contribution < -0.4 is 0 Å². The lowest BCUT2D eigenvalue weighted by Gasteiger charge is -2.25. The summed E-state index contributed by atoms with van der Waals surface area (Å²) in [4.78, 5) is 0. The maximum Gasteiger partial charge on any atom is 0.305 e. The van der Waals surface area contributed by atoms with Gasteiger partial charge >= 0.3 is 11.4 Å². The van der Waals surface area contributed by atoms with Gasteiger partial charge in [0.15, 0.2) is 6.29 Å². The highest BCUT2D eigenvalue weighted by atomic mass is 32.2. The van der Waals surface area contributed by atoms with Crippen molar-refractivity contribution < 1.29 is 26.8 Å². The van der Waals surface area contributed by atoms with E-state index in [1.165, 1.54) is 0 Å². The third kappa shape index (κ3) is 2.93. The smallest absolute Gasteiger partial charge is 0.305 e. The van der Waals surface area contributed by atoms with Gasteiger partial charge in [-0.1, -0.05) is 30.3 Å². The maximum atomic E-state index is 11.3. The van der Waals surface area contributed by atoms with E-state index in [1.807, 2.05) is 30.3 Å². The van der Waals surface area contributed by atoms with E-state index >= 15 is 0 Å². The van der Waals surface area contributed by atoms with Gasteiger partial charge in [0.1, 0.15) is 18.3 Å². The number of rotatable bonds is 4. The molecule has 3 rings (SSSR count). The molecule has 0 radical (unpaired) electrons. The van der Waals surface area contributed by atoms with Gasteiger partial charge in [0.25, 0.3) is 0 Å². The average Bonchev–Trinajstić information content (AvgIpc) is 2.83. The zero-order chi connectivity index (χ0) is 13.9. The summed E-state index contributed by atoms with van der Waals surface area (Å²) in [6, 6.07) is 9.78. The second kappa shape index (κ2) is 6.30. The minimum Gasteiger partial charge on any atom is -0.365 e. The zero-order valence-electron chi connectivity index (χ0n) is 11.0. The van der Waals surface area contributed by atoms with Crippen molar-refractivity contribution in [3.8, 4) is 0 Å². The highest BCUT2D eigenvalue weighted by Crippen LogP contribution is 2.31. The van der Waals surface area contributed by atoms with E-state index in [2.05, 4.69) is 0 Å². The second-order valence-electron chi connectivity index (χ2n) is 4.59. The second-order valence-corrected chi connectivity index (χ2v) is 5.43. The number of ether oxygens (including phenoxy) is 3. The molecule has 0 saturated carbocycles. The van der Waals surface area contributed by atoms with E-state index in [4.69, 9.17) is 22.6 Å². The lowest BCUT2D eigenvalue weighted by atomic mass is 10.1. The summed E-state index contributed by atoms with van der Waals surface area (Å²) in [5.41, 5.74) is 1.04. The quantitative estimate of drug-likeness (QED) is 0.824. The molecule has 1 aromatic carbocycles. The molecule has 20 heavy (non-hydrogen) atoms. The van der Waals surface area contributed by atoms with Crippen LogP contribution in [-0.2, 0) is 40.5 Å². The predicted molar refractivity (Wildman–Crippen MR) is 69.7 cm³/mol. The van der Waals surface area contributed by atoms with Crippen LogP contribution in [0.25, 0.3) is 0 Å². The molecule has 0 bridgehead atoms. The standard InChI is InChI=1S/C13H16O6S/c1-15-13-12(16-7-9-5-3-2-4-6-9)11-10(18-13)8-17-20(14)19-11/h2-6,10-13H,7-8H2,1H3/t10-,11-,12+,13+,20?/m1/s1. The molecule has 6 nitrogen and oxygen atoms in total. The van der Waals surface area contributed by atoms with E-state index in [-0.39, 0.29) is 12.7 Å². The summed E-state index contributed by atoms with van der Waals surface area (Å²) in [6.07, 6.45) is -1.75. The molecular formula is C13H16O6S. The third-order valence-electron chi connectivity index (χ3n) is 3.30. The van der Waals surface area contributed by atoms with E-state index < -0.39 is 29.9 Å². The molecule has 7 heteroatoms. The van der Waals surface area contributed by atoms with Gasteiger partial charge in [0.2, 0.25) is 0 Å². The van der Waals surface area contributed by atoms with Crippen molar-refractivity contribution in [2.45, 2.75) is 31.2 Å². The molecule has 2 aliphatic rings. The van der Waals surface area contributed by atoms with Crippen molar-refractivity contribution in [1.29, 1.82) is 0 Å². The maximum absolute atomic E-state index is 11.3. The van der Waals surface area contributed by atoms with Gasteiger partial charge in [0.05, 0.1) is 13.2 Å². The van der Waals surface area contributed by atoms with Crippen molar-refractivity contribution in [1.82, 2.24) is 0 Å². The number of fused-ring (bicyclic) bond motifs is 1. The summed E-state index contributed by atoms with van der Waals surface area (Å²) in [5.74, 6) is 0. The first kappa shape index (κ1) is 14.1. The molecule has 2 saturated heterocycles. The van der Waals surface area contributed by atoms with Crippen LogP contribution in [0.5, 0.6) is 0 Å². The van der Waals surface area contributed by atoms with Gasteiger partial charge in [0, 0.05) is 7.11 Å². The van der Waals surface area contributed by atoms with Crippen LogP contribution in [0.2, 0.25) is 0 Å². The molecule has 1 aromatic rings. The number of methoxy groups -OCH3 is 1. The highest BCUT2D eigenvalue weighted by Gasteiger charge is 2.50. The first-order valence-electron chi connectivity index (χ1n) is 6.34. The van der Waals surface area contributed by atoms with Crippen LogP contribution in [0.15, 0.2) is 30.3 Å². The van der Waals surface area contributed by atoms with E-state index in [0.29, 0.717) is 6.61 Å². The van der Waals surface area contributed by atoms with Crippen LogP contribution in [0.1, 0.15) is 5.56 Å². The van der Waals surface area contributed by atoms with Crippen LogP contribution in [0, 0.1) is 0 Å². The normalized spacial score (nSPS) is 36.8. The topological polar surface area (TPSA) is 63.2 Å². The third-order valence-corrected chi connectivity index (χ3v) is 4.01. The van der Waals surface area contributed by atoms with E-state index in [9.17, 15) is 4.21 Å². The number of hydrogen-bond acceptors (Lipinski definition) is 6. The Morgan fingerprint density at radius 3 is 2.90 bits per heavy atom. The fraction of sp³-hybridized carbons (Fsp3) is 0.538. The average molecular weight is 300 g/mol. The molecule has 110 valence electrons. The summed E-state index contributed by atoms with van der Waals surface area (Å²) in [7, 11) is 1.54. The molecule has 2 aliphatic heterocycles. The van der Waals surface area contributed by atoms with Crippen molar-refractivity contribution in [3.63, 3.8) is 0 Å². The highest BCUT2D eigenvalue weighted by molar-refractivity contribution is 7.75. The Balaban J connectivity index is 1.67. The van der Waals surface area contributed by atoms with Crippen LogP contribution in [0.3, 0.4) is 0 Å². The summed E-state index contributed by atoms with van der Waals surface area (Å²) in [6.45, 7) is 0.622. The Bertz CT molecular complexity index is 467. The fourth-order valence-corrected chi connectivity index (χ4v) is 3.03. The Morgan fingerprint density at radius 1 is 1.35 bits per heavy atom. The summed E-state index contributed by atoms with van der Waals surface area (Å²) in [5, 5.41) is 0. The van der Waals surface area contributed by atoms with Crippen LogP contribution in [-0.4, -0.2) is 42.5 Å². The lowest BCUT2D eigenvalue weighted by Crippen LogP contribution is -2.43. The monoisotopic (exact) mass is 300 g/mol. The molecule has 0 amide bonds. The lowest BCUT2D eigenvalue weighted by molar-refractivity contribution is -0.166. The van der Waals surface area contributed by atoms with Crippen molar-refractivity contribution >= 4 is 11.4 Å². The van der Waals surface area contributed by atoms with Gasteiger partial charge in [-0.15, -0.1) is 0 Å². The molecular weight excluding hydrogens is 284 g/mol. The molecule has 0 aromatic heterocycles. The van der Waals surface area contributed by atoms with Crippen LogP contribution in [0.4, 0.5) is 0 Å². The molecule has 2 heterocycles. The first-order valence-corrected chi connectivity index (χ1v) is 7.34. The Kier molecular flexibility index (Phi) is 4.45. The van der Waals surface area contributed by atoms with Gasteiger partial charge in [-0.25, -0.2) is 0 Å². The summed E-state index contributed by atoms with van der Waals surface area (Å²) < 4.78 is 38.2. The largest absolute Gasteiger partial charge is 0.365 e. The van der Waals surface area contributed by atoms with E-state index in [1.54, 1.807) is 7.11 Å². The molecule has 5 atom stereocenters. The number of benzene rings is 1. The molecule has 2 fully saturated rings. The Hall–Kier alpha value is -0.830. The Labute approximate surface area is 119 Å². The Morgan fingerprint density at radius 2 is 2.15 bits per heavy atom. The molecule has 1 unspecified atom stereocenters.